The van der Waals surface area contributed by atoms with Crippen LogP contribution >= 0.6 is 0 Å². The zero-order valence-corrected chi connectivity index (χ0v) is 17.1. The smallest absolute Gasteiger partial charge is 0.224 e. The first-order valence-corrected chi connectivity index (χ1v) is 9.92. The number of carbonyl (C=O) groups excluding carboxylic acids is 1. The second-order valence-electron chi connectivity index (χ2n) is 6.95. The van der Waals surface area contributed by atoms with Gasteiger partial charge in [-0.1, -0.05) is 32.8 Å². The van der Waals surface area contributed by atoms with Crippen LogP contribution in [0.15, 0.2) is 18.2 Å². The first-order chi connectivity index (χ1) is 13.1. The lowest BCUT2D eigenvalue weighted by Gasteiger charge is -2.38. The molecule has 0 aliphatic carbocycles. The van der Waals surface area contributed by atoms with Crippen LogP contribution in [0.4, 0.5) is 0 Å². The summed E-state index contributed by atoms with van der Waals surface area (Å²) in [6.07, 6.45) is 2.52. The third kappa shape index (κ3) is 6.11. The van der Waals surface area contributed by atoms with Crippen molar-refractivity contribution in [1.29, 1.82) is 0 Å². The average molecular weight is 379 g/mol. The molecule has 1 atom stereocenters. The van der Waals surface area contributed by atoms with Gasteiger partial charge in [-0.2, -0.15) is 0 Å². The predicted molar refractivity (Wildman–Crippen MR) is 107 cm³/mol. The van der Waals surface area contributed by atoms with Gasteiger partial charge in [-0.05, 0) is 12.0 Å². The van der Waals surface area contributed by atoms with Crippen molar-refractivity contribution in [2.24, 2.45) is 5.92 Å². The molecule has 1 aliphatic heterocycles. The molecule has 0 radical (unpaired) electrons. The molecule has 1 aromatic rings. The van der Waals surface area contributed by atoms with Crippen LogP contribution in [0.25, 0.3) is 0 Å². The summed E-state index contributed by atoms with van der Waals surface area (Å²) in [7, 11) is 3.22. The second-order valence-corrected chi connectivity index (χ2v) is 6.95. The second kappa shape index (κ2) is 11.1. The van der Waals surface area contributed by atoms with E-state index in [0.717, 1.165) is 50.5 Å². The molecule has 6 heteroatoms. The van der Waals surface area contributed by atoms with Crippen molar-refractivity contribution in [2.75, 3.05) is 47.1 Å². The van der Waals surface area contributed by atoms with Crippen LogP contribution in [-0.2, 0) is 16.0 Å². The summed E-state index contributed by atoms with van der Waals surface area (Å²) in [6.45, 7) is 8.54. The topological polar surface area (TPSA) is 60.0 Å². The molecule has 0 aromatic heterocycles. The van der Waals surface area contributed by atoms with Crippen molar-refractivity contribution < 1.29 is 19.0 Å². The summed E-state index contributed by atoms with van der Waals surface area (Å²) in [6, 6.07) is 5.90. The van der Waals surface area contributed by atoms with Gasteiger partial charge in [0.2, 0.25) is 5.91 Å². The SMILES string of the molecule is CCC(CC)C(CNC(=O)Cc1ccc(OC)cc1OC)N1CCOCC1. The van der Waals surface area contributed by atoms with Gasteiger partial charge in [-0.25, -0.2) is 0 Å². The van der Waals surface area contributed by atoms with Gasteiger partial charge in [-0.3, -0.25) is 9.69 Å². The van der Waals surface area contributed by atoms with Crippen LogP contribution in [0.2, 0.25) is 0 Å². The van der Waals surface area contributed by atoms with Crippen LogP contribution in [0, 0.1) is 5.92 Å². The van der Waals surface area contributed by atoms with Gasteiger partial charge < -0.3 is 19.5 Å². The van der Waals surface area contributed by atoms with E-state index in [2.05, 4.69) is 24.1 Å². The van der Waals surface area contributed by atoms with E-state index in [0.29, 0.717) is 30.7 Å². The fourth-order valence-corrected chi connectivity index (χ4v) is 3.79. The highest BCUT2D eigenvalue weighted by molar-refractivity contribution is 5.79. The van der Waals surface area contributed by atoms with E-state index in [4.69, 9.17) is 14.2 Å². The number of hydrogen-bond acceptors (Lipinski definition) is 5. The number of amides is 1. The fraction of sp³-hybridized carbons (Fsp3) is 0.667. The number of rotatable bonds is 10. The van der Waals surface area contributed by atoms with Gasteiger partial charge in [0.1, 0.15) is 11.5 Å². The minimum Gasteiger partial charge on any atom is -0.497 e. The summed E-state index contributed by atoms with van der Waals surface area (Å²) < 4.78 is 16.1. The summed E-state index contributed by atoms with van der Waals surface area (Å²) in [5, 5.41) is 3.15. The van der Waals surface area contributed by atoms with Crippen LogP contribution in [0.5, 0.6) is 11.5 Å². The van der Waals surface area contributed by atoms with E-state index in [1.807, 2.05) is 18.2 Å². The number of benzene rings is 1. The van der Waals surface area contributed by atoms with Gasteiger partial charge in [0, 0.05) is 37.3 Å². The fourth-order valence-electron chi connectivity index (χ4n) is 3.79. The monoisotopic (exact) mass is 378 g/mol. The van der Waals surface area contributed by atoms with E-state index in [-0.39, 0.29) is 5.91 Å². The van der Waals surface area contributed by atoms with Gasteiger partial charge in [0.15, 0.2) is 0 Å². The zero-order chi connectivity index (χ0) is 19.6. The van der Waals surface area contributed by atoms with Crippen molar-refractivity contribution in [3.05, 3.63) is 23.8 Å². The molecule has 1 N–H and O–H groups in total. The van der Waals surface area contributed by atoms with Crippen LogP contribution < -0.4 is 14.8 Å². The Morgan fingerprint density at radius 3 is 2.48 bits per heavy atom. The molecule has 1 saturated heterocycles. The first kappa shape index (κ1) is 21.5. The van der Waals surface area contributed by atoms with E-state index < -0.39 is 0 Å². The van der Waals surface area contributed by atoms with E-state index in [9.17, 15) is 4.79 Å². The molecule has 0 bridgehead atoms. The first-order valence-electron chi connectivity index (χ1n) is 9.92. The summed E-state index contributed by atoms with van der Waals surface area (Å²) in [5.74, 6) is 1.98. The van der Waals surface area contributed by atoms with Crippen molar-refractivity contribution in [1.82, 2.24) is 10.2 Å². The molecule has 6 nitrogen and oxygen atoms in total. The van der Waals surface area contributed by atoms with Crippen molar-refractivity contribution in [3.8, 4) is 11.5 Å². The molecule has 1 unspecified atom stereocenters. The van der Waals surface area contributed by atoms with E-state index in [1.54, 1.807) is 14.2 Å². The molecule has 0 spiro atoms. The zero-order valence-electron chi connectivity index (χ0n) is 17.1. The molecule has 2 rings (SSSR count). The molecule has 1 amide bonds. The highest BCUT2D eigenvalue weighted by Crippen LogP contribution is 2.25. The quantitative estimate of drug-likeness (QED) is 0.678. The Labute approximate surface area is 163 Å². The Morgan fingerprint density at radius 1 is 1.19 bits per heavy atom. The van der Waals surface area contributed by atoms with Gasteiger partial charge >= 0.3 is 0 Å². The molecule has 1 aliphatic rings. The third-order valence-electron chi connectivity index (χ3n) is 5.46. The van der Waals surface area contributed by atoms with Crippen LogP contribution in [0.3, 0.4) is 0 Å². The van der Waals surface area contributed by atoms with Crippen molar-refractivity contribution in [2.45, 2.75) is 39.2 Å². The Hall–Kier alpha value is -1.79. The van der Waals surface area contributed by atoms with Crippen LogP contribution in [0.1, 0.15) is 32.3 Å². The average Bonchev–Trinajstić information content (AvgIpc) is 2.72. The number of nitrogens with zero attached hydrogens (tertiary/aromatic N) is 1. The highest BCUT2D eigenvalue weighted by atomic mass is 16.5. The lowest BCUT2D eigenvalue weighted by atomic mass is 9.92. The maximum Gasteiger partial charge on any atom is 0.224 e. The number of carbonyl (C=O) groups is 1. The number of hydrogen-bond donors (Lipinski definition) is 1. The Balaban J connectivity index is 1.98. The predicted octanol–water partition coefficient (Wildman–Crippen LogP) is 2.50. The van der Waals surface area contributed by atoms with E-state index in [1.165, 1.54) is 0 Å². The number of morpholine rings is 1. The number of ether oxygens (including phenoxy) is 3. The van der Waals surface area contributed by atoms with Crippen LogP contribution in [-0.4, -0.2) is 63.9 Å². The Kier molecular flexibility index (Phi) is 8.88. The molecular weight excluding hydrogens is 344 g/mol. The van der Waals surface area contributed by atoms with E-state index >= 15 is 0 Å². The summed E-state index contributed by atoms with van der Waals surface area (Å²) in [4.78, 5) is 15.0. The third-order valence-corrected chi connectivity index (χ3v) is 5.46. The normalized spacial score (nSPS) is 16.2. The van der Waals surface area contributed by atoms with Gasteiger partial charge in [0.25, 0.3) is 0 Å². The Bertz CT molecular complexity index is 584. The maximum atomic E-state index is 12.6. The lowest BCUT2D eigenvalue weighted by molar-refractivity contribution is -0.121. The summed E-state index contributed by atoms with van der Waals surface area (Å²) >= 11 is 0. The van der Waals surface area contributed by atoms with Gasteiger partial charge in [0.05, 0.1) is 33.9 Å². The van der Waals surface area contributed by atoms with Gasteiger partial charge in [-0.15, -0.1) is 0 Å². The Morgan fingerprint density at radius 2 is 1.89 bits per heavy atom. The standard InChI is InChI=1S/C21H34N2O4/c1-5-16(6-2)19(23-9-11-27-12-10-23)15-22-21(24)13-17-7-8-18(25-3)14-20(17)26-4/h7-8,14,16,19H,5-6,9-13,15H2,1-4H3,(H,22,24). The number of nitrogens with one attached hydrogen (secondary N) is 1. The minimum absolute atomic E-state index is 0.0164. The lowest BCUT2D eigenvalue weighted by Crippen LogP contribution is -2.52. The minimum atomic E-state index is 0.0164. The molecule has 0 saturated carbocycles. The highest BCUT2D eigenvalue weighted by Gasteiger charge is 2.27. The molecule has 152 valence electrons. The van der Waals surface area contributed by atoms with Crippen molar-refractivity contribution in [3.63, 3.8) is 0 Å². The van der Waals surface area contributed by atoms with Crippen molar-refractivity contribution >= 4 is 5.91 Å². The molecule has 1 aromatic carbocycles. The summed E-state index contributed by atoms with van der Waals surface area (Å²) in [5.41, 5.74) is 0.862. The molecule has 1 fully saturated rings. The molecule has 27 heavy (non-hydrogen) atoms. The molecule has 1 heterocycles. The number of methoxy groups -OCH3 is 2. The molecular formula is C21H34N2O4. The maximum absolute atomic E-state index is 12.6. The largest absolute Gasteiger partial charge is 0.497 e.